The summed E-state index contributed by atoms with van der Waals surface area (Å²) in [5.74, 6) is 0.363. The summed E-state index contributed by atoms with van der Waals surface area (Å²) in [5, 5.41) is 3.86. The second kappa shape index (κ2) is 6.15. The minimum Gasteiger partial charge on any atom is -0.361 e. The molecule has 1 aromatic heterocycles. The number of sulfonamides is 1. The van der Waals surface area contributed by atoms with Crippen LogP contribution in [-0.4, -0.2) is 55.1 Å². The van der Waals surface area contributed by atoms with Crippen molar-refractivity contribution in [2.24, 2.45) is 5.92 Å². The molecule has 1 aromatic rings. The SMILES string of the molecule is Cc1cc(CN(C)C(=O)C2CCCN(S(C)(=O)=O)C2)no1. The largest absolute Gasteiger partial charge is 0.361 e. The van der Waals surface area contributed by atoms with Crippen molar-refractivity contribution < 1.29 is 17.7 Å². The third kappa shape index (κ3) is 4.04. The molecule has 1 aliphatic heterocycles. The molecule has 0 spiro atoms. The molecule has 1 atom stereocenters. The fourth-order valence-electron chi connectivity index (χ4n) is 2.57. The molecule has 0 saturated carbocycles. The van der Waals surface area contributed by atoms with Gasteiger partial charge in [0.15, 0.2) is 0 Å². The molecule has 0 bridgehead atoms. The van der Waals surface area contributed by atoms with Gasteiger partial charge in [-0.2, -0.15) is 0 Å². The smallest absolute Gasteiger partial charge is 0.227 e. The molecule has 0 N–H and O–H groups in total. The van der Waals surface area contributed by atoms with Crippen LogP contribution in [0.15, 0.2) is 10.6 Å². The van der Waals surface area contributed by atoms with Crippen molar-refractivity contribution in [1.82, 2.24) is 14.4 Å². The van der Waals surface area contributed by atoms with E-state index in [1.54, 1.807) is 24.9 Å². The molecule has 0 aliphatic carbocycles. The molecule has 7 nitrogen and oxygen atoms in total. The summed E-state index contributed by atoms with van der Waals surface area (Å²) in [6, 6.07) is 1.79. The van der Waals surface area contributed by atoms with Gasteiger partial charge in [0.25, 0.3) is 0 Å². The van der Waals surface area contributed by atoms with E-state index in [2.05, 4.69) is 5.16 Å². The number of carbonyl (C=O) groups is 1. The number of nitrogens with zero attached hydrogens (tertiary/aromatic N) is 3. The Morgan fingerprint density at radius 1 is 1.57 bits per heavy atom. The van der Waals surface area contributed by atoms with Crippen LogP contribution in [0.4, 0.5) is 0 Å². The zero-order valence-electron chi connectivity index (χ0n) is 12.6. The second-order valence-corrected chi connectivity index (χ2v) is 7.57. The Morgan fingerprint density at radius 2 is 2.29 bits per heavy atom. The lowest BCUT2D eigenvalue weighted by molar-refractivity contribution is -0.135. The highest BCUT2D eigenvalue weighted by Crippen LogP contribution is 2.21. The van der Waals surface area contributed by atoms with Crippen LogP contribution in [0.2, 0.25) is 0 Å². The van der Waals surface area contributed by atoms with Crippen molar-refractivity contribution in [3.05, 3.63) is 17.5 Å². The fraction of sp³-hybridized carbons (Fsp3) is 0.692. The molecule has 2 heterocycles. The number of hydrogen-bond acceptors (Lipinski definition) is 5. The van der Waals surface area contributed by atoms with Crippen molar-refractivity contribution in [2.45, 2.75) is 26.3 Å². The lowest BCUT2D eigenvalue weighted by Crippen LogP contribution is -2.45. The van der Waals surface area contributed by atoms with Gasteiger partial charge in [-0.05, 0) is 19.8 Å². The third-order valence-corrected chi connectivity index (χ3v) is 4.92. The number of aryl methyl sites for hydroxylation is 1. The van der Waals surface area contributed by atoms with E-state index >= 15 is 0 Å². The van der Waals surface area contributed by atoms with E-state index in [4.69, 9.17) is 4.52 Å². The molecule has 0 aromatic carbocycles. The highest BCUT2D eigenvalue weighted by atomic mass is 32.2. The number of aromatic nitrogens is 1. The number of piperidine rings is 1. The standard InChI is InChI=1S/C13H21N3O4S/c1-10-7-12(14-20-10)9-15(2)13(17)11-5-4-6-16(8-11)21(3,18)19/h7,11H,4-6,8-9H2,1-3H3. The normalized spacial score (nSPS) is 20.4. The van der Waals surface area contributed by atoms with Gasteiger partial charge in [-0.25, -0.2) is 12.7 Å². The predicted octanol–water partition coefficient (Wildman–Crippen LogP) is 0.613. The van der Waals surface area contributed by atoms with Crippen LogP contribution in [0.1, 0.15) is 24.3 Å². The molecule has 1 saturated heterocycles. The van der Waals surface area contributed by atoms with Crippen LogP contribution in [0, 0.1) is 12.8 Å². The predicted molar refractivity (Wildman–Crippen MR) is 76.9 cm³/mol. The maximum atomic E-state index is 12.4. The molecular weight excluding hydrogens is 294 g/mol. The number of carbonyl (C=O) groups excluding carboxylic acids is 1. The quantitative estimate of drug-likeness (QED) is 0.813. The molecule has 2 rings (SSSR count). The summed E-state index contributed by atoms with van der Waals surface area (Å²) in [7, 11) is -1.54. The topological polar surface area (TPSA) is 83.7 Å². The van der Waals surface area contributed by atoms with Crippen LogP contribution in [0.5, 0.6) is 0 Å². The molecule has 1 aliphatic rings. The highest BCUT2D eigenvalue weighted by Gasteiger charge is 2.31. The fourth-order valence-corrected chi connectivity index (χ4v) is 3.48. The molecule has 8 heteroatoms. The third-order valence-electron chi connectivity index (χ3n) is 3.65. The first kappa shape index (κ1) is 16.0. The van der Waals surface area contributed by atoms with Gasteiger partial charge < -0.3 is 9.42 Å². The zero-order chi connectivity index (χ0) is 15.6. The summed E-state index contributed by atoms with van der Waals surface area (Å²) in [4.78, 5) is 14.0. The van der Waals surface area contributed by atoms with Crippen LogP contribution >= 0.6 is 0 Å². The van der Waals surface area contributed by atoms with Gasteiger partial charge >= 0.3 is 0 Å². The van der Waals surface area contributed by atoms with E-state index in [0.29, 0.717) is 37.4 Å². The average Bonchev–Trinajstić information content (AvgIpc) is 2.82. The molecule has 1 amide bonds. The number of amides is 1. The number of rotatable bonds is 4. The van der Waals surface area contributed by atoms with Gasteiger partial charge in [-0.1, -0.05) is 5.16 Å². The lowest BCUT2D eigenvalue weighted by Gasteiger charge is -2.32. The van der Waals surface area contributed by atoms with E-state index in [1.165, 1.54) is 10.6 Å². The summed E-state index contributed by atoms with van der Waals surface area (Å²) >= 11 is 0. The van der Waals surface area contributed by atoms with Crippen molar-refractivity contribution in [3.63, 3.8) is 0 Å². The van der Waals surface area contributed by atoms with Crippen LogP contribution in [0.3, 0.4) is 0 Å². The van der Waals surface area contributed by atoms with Gasteiger partial charge in [-0.15, -0.1) is 0 Å². The van der Waals surface area contributed by atoms with Crippen molar-refractivity contribution in [1.29, 1.82) is 0 Å². The van der Waals surface area contributed by atoms with E-state index < -0.39 is 10.0 Å². The molecule has 1 unspecified atom stereocenters. The summed E-state index contributed by atoms with van der Waals surface area (Å²) < 4.78 is 29.6. The summed E-state index contributed by atoms with van der Waals surface area (Å²) in [5.41, 5.74) is 0.694. The average molecular weight is 315 g/mol. The van der Waals surface area contributed by atoms with Crippen molar-refractivity contribution >= 4 is 15.9 Å². The Kier molecular flexibility index (Phi) is 4.67. The van der Waals surface area contributed by atoms with Crippen molar-refractivity contribution in [3.8, 4) is 0 Å². The summed E-state index contributed by atoms with van der Waals surface area (Å²) in [6.07, 6.45) is 2.61. The monoisotopic (exact) mass is 315 g/mol. The molecule has 0 radical (unpaired) electrons. The van der Waals surface area contributed by atoms with Crippen LogP contribution in [0.25, 0.3) is 0 Å². The second-order valence-electron chi connectivity index (χ2n) is 5.58. The first-order valence-corrected chi connectivity index (χ1v) is 8.74. The van der Waals surface area contributed by atoms with E-state index in [-0.39, 0.29) is 18.4 Å². The Morgan fingerprint density at radius 3 is 2.86 bits per heavy atom. The van der Waals surface area contributed by atoms with Gasteiger partial charge in [0, 0.05) is 26.2 Å². The molecule has 21 heavy (non-hydrogen) atoms. The molecule has 1 fully saturated rings. The Bertz CT molecular complexity index is 611. The molecule has 118 valence electrons. The maximum absolute atomic E-state index is 12.4. The van der Waals surface area contributed by atoms with E-state index in [1.807, 2.05) is 0 Å². The number of hydrogen-bond donors (Lipinski definition) is 0. The minimum absolute atomic E-state index is 0.0518. The van der Waals surface area contributed by atoms with Crippen LogP contribution in [-0.2, 0) is 21.4 Å². The van der Waals surface area contributed by atoms with E-state index in [9.17, 15) is 13.2 Å². The zero-order valence-corrected chi connectivity index (χ0v) is 13.4. The Balaban J connectivity index is 1.98. The first-order valence-electron chi connectivity index (χ1n) is 6.89. The highest BCUT2D eigenvalue weighted by molar-refractivity contribution is 7.88. The van der Waals surface area contributed by atoms with Gasteiger partial charge in [-0.3, -0.25) is 4.79 Å². The van der Waals surface area contributed by atoms with E-state index in [0.717, 1.165) is 0 Å². The maximum Gasteiger partial charge on any atom is 0.227 e. The summed E-state index contributed by atoms with van der Waals surface area (Å²) in [6.45, 7) is 2.92. The minimum atomic E-state index is -3.24. The lowest BCUT2D eigenvalue weighted by atomic mass is 9.98. The van der Waals surface area contributed by atoms with Gasteiger partial charge in [0.05, 0.1) is 18.7 Å². The molecular formula is C13H21N3O4S. The Labute approximate surface area is 124 Å². The first-order chi connectivity index (χ1) is 9.77. The van der Waals surface area contributed by atoms with Gasteiger partial charge in [0.2, 0.25) is 15.9 Å². The van der Waals surface area contributed by atoms with Gasteiger partial charge in [0.1, 0.15) is 11.5 Å². The van der Waals surface area contributed by atoms with Crippen LogP contribution < -0.4 is 0 Å². The Hall–Kier alpha value is -1.41. The van der Waals surface area contributed by atoms with Crippen molar-refractivity contribution in [2.75, 3.05) is 26.4 Å².